The van der Waals surface area contributed by atoms with E-state index in [1.165, 1.54) is 6.07 Å². The van der Waals surface area contributed by atoms with Gasteiger partial charge >= 0.3 is 12.2 Å². The first-order valence-electron chi connectivity index (χ1n) is 9.15. The summed E-state index contributed by atoms with van der Waals surface area (Å²) < 4.78 is 45.2. The molecule has 1 fully saturated rings. The Hall–Kier alpha value is -3.27. The Bertz CT molecular complexity index is 1090. The third kappa shape index (κ3) is 3.67. The van der Waals surface area contributed by atoms with Crippen molar-refractivity contribution in [2.45, 2.75) is 18.1 Å². The maximum atomic E-state index is 13.2. The normalized spacial score (nSPS) is 20.3. The van der Waals surface area contributed by atoms with Crippen LogP contribution in [0.1, 0.15) is 17.5 Å². The fourth-order valence-corrected chi connectivity index (χ4v) is 3.88. The van der Waals surface area contributed by atoms with Crippen LogP contribution in [0.15, 0.2) is 42.5 Å². The van der Waals surface area contributed by atoms with E-state index in [1.54, 1.807) is 24.3 Å². The lowest BCUT2D eigenvalue weighted by atomic mass is 9.84. The smallest absolute Gasteiger partial charge is 0.418 e. The standard InChI is InChI=1S/C20H15ClF3N3O4/c21-11-5-6-14(13(9-11)20(22,23)24)25-16(28)10-27-17(29)19(26-18(27)30)7-8-31-15-4-2-1-3-12(15)19/h1-6,9H,7-8,10H2,(H,25,28)(H,26,30)/t19-/m0/s1. The minimum Gasteiger partial charge on any atom is -0.493 e. The number of urea groups is 1. The minimum atomic E-state index is -4.76. The van der Waals surface area contributed by atoms with Crippen molar-refractivity contribution in [3.8, 4) is 5.75 Å². The number of fused-ring (bicyclic) bond motifs is 2. The molecule has 2 aliphatic rings. The maximum Gasteiger partial charge on any atom is 0.418 e. The summed E-state index contributed by atoms with van der Waals surface area (Å²) in [5.41, 5.74) is -2.59. The molecular weight excluding hydrogens is 439 g/mol. The van der Waals surface area contributed by atoms with Gasteiger partial charge in [0.2, 0.25) is 5.91 Å². The van der Waals surface area contributed by atoms with Gasteiger partial charge in [0.25, 0.3) is 5.91 Å². The average Bonchev–Trinajstić information content (AvgIpc) is 2.94. The first kappa shape index (κ1) is 21.0. The van der Waals surface area contributed by atoms with Crippen molar-refractivity contribution in [1.82, 2.24) is 10.2 Å². The Balaban J connectivity index is 1.56. The van der Waals surface area contributed by atoms with E-state index in [-0.39, 0.29) is 18.1 Å². The fourth-order valence-electron chi connectivity index (χ4n) is 3.71. The molecule has 1 atom stereocenters. The van der Waals surface area contributed by atoms with Crippen LogP contribution in [-0.2, 0) is 21.3 Å². The molecule has 0 saturated carbocycles. The number of hydrogen-bond donors (Lipinski definition) is 2. The number of hydrogen-bond acceptors (Lipinski definition) is 4. The van der Waals surface area contributed by atoms with Gasteiger partial charge in [-0.05, 0) is 24.3 Å². The summed E-state index contributed by atoms with van der Waals surface area (Å²) in [5, 5.41) is 4.57. The van der Waals surface area contributed by atoms with E-state index in [0.29, 0.717) is 22.3 Å². The number of halogens is 4. The number of nitrogens with one attached hydrogen (secondary N) is 2. The van der Waals surface area contributed by atoms with Crippen LogP contribution in [0.2, 0.25) is 5.02 Å². The molecule has 1 saturated heterocycles. The first-order valence-corrected chi connectivity index (χ1v) is 9.52. The number of amides is 4. The predicted molar refractivity (Wildman–Crippen MR) is 104 cm³/mol. The highest BCUT2D eigenvalue weighted by atomic mass is 35.5. The summed E-state index contributed by atoms with van der Waals surface area (Å²) in [6, 6.07) is 8.75. The summed E-state index contributed by atoms with van der Waals surface area (Å²) in [6.07, 6.45) is -4.60. The minimum absolute atomic E-state index is 0.153. The molecule has 2 N–H and O–H groups in total. The van der Waals surface area contributed by atoms with Crippen molar-refractivity contribution >= 4 is 35.1 Å². The topological polar surface area (TPSA) is 87.7 Å². The molecular formula is C20H15ClF3N3O4. The first-order chi connectivity index (χ1) is 14.6. The van der Waals surface area contributed by atoms with Crippen LogP contribution in [0, 0.1) is 0 Å². The fraction of sp³-hybridized carbons (Fsp3) is 0.250. The van der Waals surface area contributed by atoms with Crippen LogP contribution < -0.4 is 15.4 Å². The highest BCUT2D eigenvalue weighted by Crippen LogP contribution is 2.41. The number of carbonyl (C=O) groups is 3. The number of nitrogens with zero attached hydrogens (tertiary/aromatic N) is 1. The van der Waals surface area contributed by atoms with Gasteiger partial charge in [-0.2, -0.15) is 13.2 Å². The second kappa shape index (κ2) is 7.45. The molecule has 0 bridgehead atoms. The molecule has 0 unspecified atom stereocenters. The van der Waals surface area contributed by atoms with Crippen molar-refractivity contribution < 1.29 is 32.3 Å². The van der Waals surface area contributed by atoms with Crippen molar-refractivity contribution in [2.24, 2.45) is 0 Å². The number of carbonyl (C=O) groups excluding carboxylic acids is 3. The number of anilines is 1. The van der Waals surface area contributed by atoms with Gasteiger partial charge in [0.1, 0.15) is 12.3 Å². The monoisotopic (exact) mass is 453 g/mol. The van der Waals surface area contributed by atoms with E-state index >= 15 is 0 Å². The van der Waals surface area contributed by atoms with Gasteiger partial charge < -0.3 is 15.4 Å². The summed E-state index contributed by atoms with van der Waals surface area (Å²) in [4.78, 5) is 38.7. The van der Waals surface area contributed by atoms with Crippen LogP contribution in [0.4, 0.5) is 23.7 Å². The zero-order valence-corrected chi connectivity index (χ0v) is 16.5. The molecule has 0 radical (unpaired) electrons. The number of para-hydroxylation sites is 1. The number of imide groups is 1. The largest absolute Gasteiger partial charge is 0.493 e. The zero-order chi connectivity index (χ0) is 22.4. The van der Waals surface area contributed by atoms with Gasteiger partial charge in [-0.1, -0.05) is 29.8 Å². The second-order valence-electron chi connectivity index (χ2n) is 7.06. The number of ether oxygens (including phenoxy) is 1. The average molecular weight is 454 g/mol. The Morgan fingerprint density at radius 1 is 1.23 bits per heavy atom. The Labute approximate surface area is 179 Å². The van der Waals surface area contributed by atoms with E-state index in [9.17, 15) is 27.6 Å². The van der Waals surface area contributed by atoms with Gasteiger partial charge in [0.15, 0.2) is 5.54 Å². The highest BCUT2D eigenvalue weighted by Gasteiger charge is 2.55. The Morgan fingerprint density at radius 2 is 1.97 bits per heavy atom. The summed E-state index contributed by atoms with van der Waals surface area (Å²) in [7, 11) is 0. The number of benzene rings is 2. The lowest BCUT2D eigenvalue weighted by molar-refractivity contribution is -0.137. The molecule has 2 aromatic rings. The maximum absolute atomic E-state index is 13.2. The van der Waals surface area contributed by atoms with Crippen LogP contribution in [0.5, 0.6) is 5.75 Å². The molecule has 11 heteroatoms. The third-order valence-electron chi connectivity index (χ3n) is 5.12. The quantitative estimate of drug-likeness (QED) is 0.696. The van der Waals surface area contributed by atoms with Gasteiger partial charge in [-0.25, -0.2) is 4.79 Å². The van der Waals surface area contributed by atoms with E-state index in [4.69, 9.17) is 16.3 Å². The molecule has 4 amide bonds. The van der Waals surface area contributed by atoms with Crippen molar-refractivity contribution in [2.75, 3.05) is 18.5 Å². The molecule has 1 spiro atoms. The van der Waals surface area contributed by atoms with Crippen LogP contribution in [0.25, 0.3) is 0 Å². The second-order valence-corrected chi connectivity index (χ2v) is 7.49. The van der Waals surface area contributed by atoms with Crippen LogP contribution >= 0.6 is 11.6 Å². The van der Waals surface area contributed by atoms with E-state index in [1.807, 2.05) is 0 Å². The molecule has 162 valence electrons. The van der Waals surface area contributed by atoms with Gasteiger partial charge in [-0.15, -0.1) is 0 Å². The SMILES string of the molecule is O=C(CN1C(=O)N[C@]2(CCOc3ccccc32)C1=O)Nc1ccc(Cl)cc1C(F)(F)F. The van der Waals surface area contributed by atoms with Gasteiger partial charge in [-0.3, -0.25) is 14.5 Å². The molecule has 2 heterocycles. The van der Waals surface area contributed by atoms with Gasteiger partial charge in [0.05, 0.1) is 17.9 Å². The molecule has 0 aromatic heterocycles. The third-order valence-corrected chi connectivity index (χ3v) is 5.36. The molecule has 0 aliphatic carbocycles. The molecule has 7 nitrogen and oxygen atoms in total. The molecule has 31 heavy (non-hydrogen) atoms. The van der Waals surface area contributed by atoms with Crippen molar-refractivity contribution in [3.63, 3.8) is 0 Å². The summed E-state index contributed by atoms with van der Waals surface area (Å²) in [5.74, 6) is -1.20. The van der Waals surface area contributed by atoms with E-state index < -0.39 is 47.4 Å². The predicted octanol–water partition coefficient (Wildman–Crippen LogP) is 3.53. The molecule has 2 aromatic carbocycles. The van der Waals surface area contributed by atoms with Gasteiger partial charge in [0, 0.05) is 17.0 Å². The molecule has 4 rings (SSSR count). The highest BCUT2D eigenvalue weighted by molar-refractivity contribution is 6.30. The number of rotatable bonds is 3. The van der Waals surface area contributed by atoms with Crippen LogP contribution in [0.3, 0.4) is 0 Å². The zero-order valence-electron chi connectivity index (χ0n) is 15.8. The van der Waals surface area contributed by atoms with Crippen molar-refractivity contribution in [1.29, 1.82) is 0 Å². The number of alkyl halides is 3. The Kier molecular flexibility index (Phi) is 5.04. The molecule has 2 aliphatic heterocycles. The van der Waals surface area contributed by atoms with E-state index in [0.717, 1.165) is 6.07 Å². The lowest BCUT2D eigenvalue weighted by Crippen LogP contribution is -2.48. The van der Waals surface area contributed by atoms with Crippen LogP contribution in [-0.4, -0.2) is 35.9 Å². The summed E-state index contributed by atoms with van der Waals surface area (Å²) in [6.45, 7) is -0.585. The summed E-state index contributed by atoms with van der Waals surface area (Å²) >= 11 is 5.63. The van der Waals surface area contributed by atoms with Crippen molar-refractivity contribution in [3.05, 3.63) is 58.6 Å². The van der Waals surface area contributed by atoms with E-state index in [2.05, 4.69) is 10.6 Å². The Morgan fingerprint density at radius 3 is 2.71 bits per heavy atom. The lowest BCUT2D eigenvalue weighted by Gasteiger charge is -2.33.